The van der Waals surface area contributed by atoms with E-state index in [1.54, 1.807) is 13.2 Å². The highest BCUT2D eigenvalue weighted by atomic mass is 35.5. The Balaban J connectivity index is 1.49. The van der Waals surface area contributed by atoms with Crippen LogP contribution >= 0.6 is 11.6 Å². The normalized spacial score (nSPS) is 19.3. The monoisotopic (exact) mass is 590 g/mol. The Morgan fingerprint density at radius 2 is 1.98 bits per heavy atom. The first-order chi connectivity index (χ1) is 19.0. The molecule has 1 saturated carbocycles. The summed E-state index contributed by atoms with van der Waals surface area (Å²) in [6, 6.07) is 11.4. The Labute approximate surface area is 236 Å². The summed E-state index contributed by atoms with van der Waals surface area (Å²) in [6.07, 6.45) is 5.58. The van der Waals surface area contributed by atoms with Crippen molar-refractivity contribution in [3.05, 3.63) is 89.3 Å². The molecule has 1 aliphatic carbocycles. The van der Waals surface area contributed by atoms with E-state index in [4.69, 9.17) is 20.8 Å². The van der Waals surface area contributed by atoms with E-state index in [0.29, 0.717) is 36.4 Å². The number of rotatable bonds is 10. The van der Waals surface area contributed by atoms with Crippen LogP contribution in [0.5, 0.6) is 5.88 Å². The van der Waals surface area contributed by atoms with E-state index in [9.17, 15) is 8.42 Å². The van der Waals surface area contributed by atoms with Crippen LogP contribution in [-0.2, 0) is 41.4 Å². The van der Waals surface area contributed by atoms with Crippen LogP contribution in [0.2, 0.25) is 0 Å². The SMILES string of the molecule is Cn1cc(-c2cc(C[C@]3(c4nc(CCl)co4)CC[C@H](NS(C)(=O)=O)C3)c(F)cc2F)c(OCc2ccccc2)n1. The fourth-order valence-electron chi connectivity index (χ4n) is 5.36. The first kappa shape index (κ1) is 28.3. The van der Waals surface area contributed by atoms with Gasteiger partial charge in [-0.2, -0.15) is 0 Å². The fourth-order valence-corrected chi connectivity index (χ4v) is 6.29. The number of ether oxygens (including phenoxy) is 1. The lowest BCUT2D eigenvalue weighted by molar-refractivity contribution is 0.292. The summed E-state index contributed by atoms with van der Waals surface area (Å²) in [4.78, 5) is 4.50. The molecular weight excluding hydrogens is 562 g/mol. The van der Waals surface area contributed by atoms with Gasteiger partial charge in [-0.1, -0.05) is 30.3 Å². The molecule has 40 heavy (non-hydrogen) atoms. The van der Waals surface area contributed by atoms with Crippen molar-refractivity contribution in [2.24, 2.45) is 7.05 Å². The first-order valence-corrected chi connectivity index (χ1v) is 15.1. The van der Waals surface area contributed by atoms with Gasteiger partial charge in [0.05, 0.1) is 28.8 Å². The Hall–Kier alpha value is -3.28. The van der Waals surface area contributed by atoms with Crippen molar-refractivity contribution < 1.29 is 26.4 Å². The van der Waals surface area contributed by atoms with Crippen molar-refractivity contribution in [1.29, 1.82) is 0 Å². The zero-order chi connectivity index (χ0) is 28.5. The predicted octanol–water partition coefficient (Wildman–Crippen LogP) is 5.25. The summed E-state index contributed by atoms with van der Waals surface area (Å²) >= 11 is 5.95. The number of aryl methyl sites for hydroxylation is 1. The van der Waals surface area contributed by atoms with Crippen LogP contribution in [0, 0.1) is 11.6 Å². The Bertz CT molecular complexity index is 1610. The number of oxazole rings is 1. The van der Waals surface area contributed by atoms with Gasteiger partial charge in [-0.05, 0) is 42.9 Å². The lowest BCUT2D eigenvalue weighted by atomic mass is 9.79. The van der Waals surface area contributed by atoms with Gasteiger partial charge in [0.15, 0.2) is 0 Å². The van der Waals surface area contributed by atoms with E-state index in [-0.39, 0.29) is 42.0 Å². The number of benzene rings is 2. The molecule has 2 heterocycles. The van der Waals surface area contributed by atoms with Gasteiger partial charge in [-0.25, -0.2) is 26.9 Å². The number of hydrogen-bond acceptors (Lipinski definition) is 6. The topological polar surface area (TPSA) is 99.2 Å². The molecule has 4 aromatic rings. The number of aromatic nitrogens is 3. The molecule has 212 valence electrons. The summed E-state index contributed by atoms with van der Waals surface area (Å²) in [7, 11) is -1.77. The summed E-state index contributed by atoms with van der Waals surface area (Å²) in [5, 5.41) is 4.35. The van der Waals surface area contributed by atoms with Gasteiger partial charge < -0.3 is 9.15 Å². The average molecular weight is 591 g/mol. The quantitative estimate of drug-likeness (QED) is 0.253. The molecular formula is C28H29ClF2N4O4S. The molecule has 0 unspecified atom stereocenters. The minimum Gasteiger partial charge on any atom is -0.471 e. The van der Waals surface area contributed by atoms with Crippen molar-refractivity contribution in [3.8, 4) is 17.0 Å². The van der Waals surface area contributed by atoms with Crippen LogP contribution in [-0.4, -0.2) is 35.5 Å². The van der Waals surface area contributed by atoms with E-state index in [1.165, 1.54) is 17.0 Å². The number of hydrogen-bond donors (Lipinski definition) is 1. The van der Waals surface area contributed by atoms with Crippen molar-refractivity contribution >= 4 is 21.6 Å². The van der Waals surface area contributed by atoms with Gasteiger partial charge >= 0.3 is 0 Å². The average Bonchev–Trinajstić information content (AvgIpc) is 3.63. The minimum atomic E-state index is -3.47. The van der Waals surface area contributed by atoms with Gasteiger partial charge in [-0.15, -0.1) is 16.7 Å². The van der Waals surface area contributed by atoms with Gasteiger partial charge in [0.2, 0.25) is 21.8 Å². The van der Waals surface area contributed by atoms with Crippen LogP contribution in [0.15, 0.2) is 59.3 Å². The molecule has 1 aliphatic rings. The van der Waals surface area contributed by atoms with Crippen LogP contribution in [0.3, 0.4) is 0 Å². The second-order valence-corrected chi connectivity index (χ2v) is 12.3. The van der Waals surface area contributed by atoms with E-state index >= 15 is 8.78 Å². The Kier molecular flexibility index (Phi) is 7.98. The number of alkyl halides is 1. The smallest absolute Gasteiger partial charge is 0.241 e. The highest BCUT2D eigenvalue weighted by Crippen LogP contribution is 2.45. The summed E-state index contributed by atoms with van der Waals surface area (Å²) in [5.41, 5.74) is 1.37. The highest BCUT2D eigenvalue weighted by Gasteiger charge is 2.45. The second-order valence-electron chi connectivity index (χ2n) is 10.3. The molecule has 0 radical (unpaired) electrons. The van der Waals surface area contributed by atoms with E-state index in [2.05, 4.69) is 14.8 Å². The summed E-state index contributed by atoms with van der Waals surface area (Å²) in [6.45, 7) is 0.228. The standard InChI is InChI=1S/C28H29ClF2N4O4S/c1-35-15-23(26(33-35)38-16-18-6-4-3-5-7-18)22-10-19(24(30)11-25(22)31)12-28(27-32-21(14-29)17-39-27)9-8-20(13-28)34-40(2,36)37/h3-7,10-11,15,17,20,34H,8-9,12-14,16H2,1-2H3/t20-,28+/m0/s1. The minimum absolute atomic E-state index is 0.108. The Morgan fingerprint density at radius 1 is 1.20 bits per heavy atom. The molecule has 5 rings (SSSR count). The molecule has 0 amide bonds. The number of sulfonamides is 1. The van der Waals surface area contributed by atoms with Gasteiger partial charge in [0, 0.05) is 30.9 Å². The van der Waals surface area contributed by atoms with Gasteiger partial charge in [0.25, 0.3) is 0 Å². The Morgan fingerprint density at radius 3 is 2.67 bits per heavy atom. The molecule has 0 bridgehead atoms. The largest absolute Gasteiger partial charge is 0.471 e. The lowest BCUT2D eigenvalue weighted by Crippen LogP contribution is -2.35. The maximum Gasteiger partial charge on any atom is 0.241 e. The van der Waals surface area contributed by atoms with E-state index in [1.807, 2.05) is 30.3 Å². The predicted molar refractivity (Wildman–Crippen MR) is 146 cm³/mol. The molecule has 0 saturated heterocycles. The van der Waals surface area contributed by atoms with Gasteiger partial charge in [0.1, 0.15) is 24.5 Å². The number of nitrogens with one attached hydrogen (secondary N) is 1. The molecule has 0 spiro atoms. The van der Waals surface area contributed by atoms with Crippen molar-refractivity contribution in [1.82, 2.24) is 19.5 Å². The van der Waals surface area contributed by atoms with Crippen molar-refractivity contribution in [2.45, 2.75) is 49.6 Å². The zero-order valence-electron chi connectivity index (χ0n) is 22.0. The second kappa shape index (κ2) is 11.3. The number of nitrogens with zero attached hydrogens (tertiary/aromatic N) is 3. The zero-order valence-corrected chi connectivity index (χ0v) is 23.6. The lowest BCUT2D eigenvalue weighted by Gasteiger charge is -2.27. The molecule has 2 atom stereocenters. The van der Waals surface area contributed by atoms with E-state index < -0.39 is 27.1 Å². The maximum atomic E-state index is 15.3. The molecule has 8 nitrogen and oxygen atoms in total. The third-order valence-corrected chi connectivity index (χ3v) is 8.14. The molecule has 12 heteroatoms. The van der Waals surface area contributed by atoms with Gasteiger partial charge in [-0.3, -0.25) is 4.68 Å². The highest BCUT2D eigenvalue weighted by molar-refractivity contribution is 7.88. The molecule has 1 fully saturated rings. The molecule has 2 aromatic carbocycles. The summed E-state index contributed by atoms with van der Waals surface area (Å²) < 4.78 is 70.3. The third kappa shape index (κ3) is 6.21. The van der Waals surface area contributed by atoms with Crippen LogP contribution in [0.4, 0.5) is 8.78 Å². The van der Waals surface area contributed by atoms with Crippen LogP contribution in [0.25, 0.3) is 11.1 Å². The van der Waals surface area contributed by atoms with Crippen molar-refractivity contribution in [2.75, 3.05) is 6.26 Å². The number of halogens is 3. The summed E-state index contributed by atoms with van der Waals surface area (Å²) in [5.74, 6) is -0.780. The fraction of sp³-hybridized carbons (Fsp3) is 0.357. The first-order valence-electron chi connectivity index (χ1n) is 12.7. The van der Waals surface area contributed by atoms with Crippen molar-refractivity contribution in [3.63, 3.8) is 0 Å². The molecule has 1 N–H and O–H groups in total. The van der Waals surface area contributed by atoms with Crippen LogP contribution in [0.1, 0.15) is 42.0 Å². The van der Waals surface area contributed by atoms with E-state index in [0.717, 1.165) is 17.9 Å². The molecule has 0 aliphatic heterocycles. The molecule has 2 aromatic heterocycles. The third-order valence-electron chi connectivity index (χ3n) is 7.10. The maximum absolute atomic E-state index is 15.3. The van der Waals surface area contributed by atoms with Crippen LogP contribution < -0.4 is 9.46 Å².